The van der Waals surface area contributed by atoms with Gasteiger partial charge < -0.3 is 15.2 Å². The molecule has 0 aliphatic carbocycles. The van der Waals surface area contributed by atoms with Gasteiger partial charge in [0, 0.05) is 17.3 Å². The summed E-state index contributed by atoms with van der Waals surface area (Å²) >= 11 is 0. The van der Waals surface area contributed by atoms with Crippen LogP contribution in [0.1, 0.15) is 26.3 Å². The van der Waals surface area contributed by atoms with Gasteiger partial charge in [0.2, 0.25) is 0 Å². The fraction of sp³-hybridized carbons (Fsp3) is 0.316. The quantitative estimate of drug-likeness (QED) is 0.756. The molecule has 5 heteroatoms. The molecule has 2 N–H and O–H groups in total. The third kappa shape index (κ3) is 3.02. The van der Waals surface area contributed by atoms with Crippen LogP contribution in [-0.2, 0) is 0 Å². The van der Waals surface area contributed by atoms with Gasteiger partial charge in [0.1, 0.15) is 17.2 Å². The summed E-state index contributed by atoms with van der Waals surface area (Å²) in [6.07, 6.45) is 2.06. The number of methoxy groups -OCH3 is 1. The number of phenols is 1. The molecule has 0 aliphatic rings. The summed E-state index contributed by atoms with van der Waals surface area (Å²) in [6.45, 7) is 8.38. The number of nitrogens with zero attached hydrogens (tertiary/aromatic N) is 2. The topological polar surface area (TPSA) is 58.8 Å². The lowest BCUT2D eigenvalue weighted by atomic mass is 10.1. The lowest BCUT2D eigenvalue weighted by Crippen LogP contribution is -2.27. The molecule has 5 nitrogen and oxygen atoms in total. The molecule has 0 amide bonds. The SMILES string of the molecule is COc1ccc(-c2nc3ccc(C)cn3c2NC(C)(C)C)cc1O. The summed E-state index contributed by atoms with van der Waals surface area (Å²) in [6, 6.07) is 9.37. The normalized spacial score (nSPS) is 11.7. The van der Waals surface area contributed by atoms with Crippen LogP contribution in [0.2, 0.25) is 0 Å². The Hall–Kier alpha value is -2.69. The Labute approximate surface area is 141 Å². The van der Waals surface area contributed by atoms with Crippen molar-refractivity contribution in [2.75, 3.05) is 12.4 Å². The minimum atomic E-state index is -0.122. The zero-order chi connectivity index (χ0) is 17.5. The fourth-order valence-electron chi connectivity index (χ4n) is 2.66. The van der Waals surface area contributed by atoms with E-state index in [1.54, 1.807) is 12.1 Å². The molecule has 0 fully saturated rings. The molecular formula is C19H23N3O2. The molecule has 0 saturated heterocycles. The van der Waals surface area contributed by atoms with E-state index >= 15 is 0 Å². The van der Waals surface area contributed by atoms with Gasteiger partial charge in [-0.15, -0.1) is 0 Å². The van der Waals surface area contributed by atoms with Crippen LogP contribution in [0.4, 0.5) is 5.82 Å². The molecule has 0 atom stereocenters. The van der Waals surface area contributed by atoms with Crippen molar-refractivity contribution in [1.29, 1.82) is 0 Å². The molecule has 0 aliphatic heterocycles. The van der Waals surface area contributed by atoms with Gasteiger partial charge in [0.15, 0.2) is 11.5 Å². The van der Waals surface area contributed by atoms with E-state index in [-0.39, 0.29) is 11.3 Å². The van der Waals surface area contributed by atoms with Crippen LogP contribution in [0, 0.1) is 6.92 Å². The van der Waals surface area contributed by atoms with Gasteiger partial charge in [-0.1, -0.05) is 6.07 Å². The molecule has 2 heterocycles. The van der Waals surface area contributed by atoms with Gasteiger partial charge in [-0.2, -0.15) is 0 Å². The maximum absolute atomic E-state index is 10.1. The van der Waals surface area contributed by atoms with Crippen molar-refractivity contribution in [2.24, 2.45) is 0 Å². The minimum absolute atomic E-state index is 0.102. The first-order valence-corrected chi connectivity index (χ1v) is 7.93. The van der Waals surface area contributed by atoms with Crippen LogP contribution in [0.5, 0.6) is 11.5 Å². The lowest BCUT2D eigenvalue weighted by molar-refractivity contribution is 0.373. The number of hydrogen-bond acceptors (Lipinski definition) is 4. The molecule has 0 bridgehead atoms. The highest BCUT2D eigenvalue weighted by atomic mass is 16.5. The maximum atomic E-state index is 10.1. The Balaban J connectivity index is 2.23. The van der Waals surface area contributed by atoms with Crippen LogP contribution < -0.4 is 10.1 Å². The van der Waals surface area contributed by atoms with Crippen molar-refractivity contribution < 1.29 is 9.84 Å². The van der Waals surface area contributed by atoms with Gasteiger partial charge in [-0.05, 0) is 57.5 Å². The predicted molar refractivity (Wildman–Crippen MR) is 97.0 cm³/mol. The number of ether oxygens (including phenoxy) is 1. The first-order valence-electron chi connectivity index (χ1n) is 7.93. The Morgan fingerprint density at radius 3 is 2.54 bits per heavy atom. The molecule has 126 valence electrons. The third-order valence-electron chi connectivity index (χ3n) is 3.71. The molecular weight excluding hydrogens is 302 g/mol. The van der Waals surface area contributed by atoms with Crippen LogP contribution in [-0.4, -0.2) is 27.1 Å². The summed E-state index contributed by atoms with van der Waals surface area (Å²) in [5, 5.41) is 13.6. The highest BCUT2D eigenvalue weighted by Crippen LogP contribution is 2.35. The van der Waals surface area contributed by atoms with Crippen molar-refractivity contribution in [3.63, 3.8) is 0 Å². The van der Waals surface area contributed by atoms with Crippen molar-refractivity contribution >= 4 is 11.5 Å². The number of fused-ring (bicyclic) bond motifs is 1. The Morgan fingerprint density at radius 2 is 1.92 bits per heavy atom. The number of aromatic nitrogens is 2. The number of phenolic OH excluding ortho intramolecular Hbond substituents is 1. The van der Waals surface area contributed by atoms with Crippen LogP contribution >= 0.6 is 0 Å². The molecule has 0 unspecified atom stereocenters. The molecule has 0 radical (unpaired) electrons. The molecule has 3 rings (SSSR count). The Bertz CT molecular complexity index is 891. The molecule has 3 aromatic rings. The van der Waals surface area contributed by atoms with Gasteiger partial charge in [-0.3, -0.25) is 4.40 Å². The number of hydrogen-bond donors (Lipinski definition) is 2. The number of aryl methyl sites for hydroxylation is 1. The number of anilines is 1. The largest absolute Gasteiger partial charge is 0.504 e. The summed E-state index contributed by atoms with van der Waals surface area (Å²) in [5.74, 6) is 1.46. The molecule has 2 aromatic heterocycles. The molecule has 1 aromatic carbocycles. The molecule has 24 heavy (non-hydrogen) atoms. The minimum Gasteiger partial charge on any atom is -0.504 e. The third-order valence-corrected chi connectivity index (χ3v) is 3.71. The number of rotatable bonds is 3. The summed E-state index contributed by atoms with van der Waals surface area (Å²) in [4.78, 5) is 4.75. The standard InChI is InChI=1S/C19H23N3O2/c1-12-6-9-16-20-17(13-7-8-15(24-5)14(23)10-13)18(22(16)11-12)21-19(2,3)4/h6-11,21,23H,1-5H3. The average molecular weight is 325 g/mol. The second kappa shape index (κ2) is 5.74. The van der Waals surface area contributed by atoms with Crippen molar-refractivity contribution in [3.05, 3.63) is 42.1 Å². The summed E-state index contributed by atoms with van der Waals surface area (Å²) in [5.41, 5.74) is 3.52. The fourth-order valence-corrected chi connectivity index (χ4v) is 2.66. The van der Waals surface area contributed by atoms with E-state index < -0.39 is 0 Å². The first-order chi connectivity index (χ1) is 11.3. The molecule has 0 saturated carbocycles. The van der Waals surface area contributed by atoms with Gasteiger partial charge >= 0.3 is 0 Å². The van der Waals surface area contributed by atoms with E-state index in [0.29, 0.717) is 5.75 Å². The van der Waals surface area contributed by atoms with Crippen molar-refractivity contribution in [3.8, 4) is 22.8 Å². The number of benzene rings is 1. The van der Waals surface area contributed by atoms with E-state index in [1.165, 1.54) is 7.11 Å². The summed E-state index contributed by atoms with van der Waals surface area (Å²) < 4.78 is 7.18. The maximum Gasteiger partial charge on any atom is 0.160 e. The number of imidazole rings is 1. The zero-order valence-corrected chi connectivity index (χ0v) is 14.7. The second-order valence-electron chi connectivity index (χ2n) is 7.01. The number of nitrogens with one attached hydrogen (secondary N) is 1. The smallest absolute Gasteiger partial charge is 0.160 e. The second-order valence-corrected chi connectivity index (χ2v) is 7.01. The monoisotopic (exact) mass is 325 g/mol. The number of aromatic hydroxyl groups is 1. The Kier molecular flexibility index (Phi) is 3.87. The van der Waals surface area contributed by atoms with Crippen molar-refractivity contribution in [2.45, 2.75) is 33.2 Å². The van der Waals surface area contributed by atoms with E-state index in [2.05, 4.69) is 43.6 Å². The van der Waals surface area contributed by atoms with Crippen LogP contribution in [0.25, 0.3) is 16.9 Å². The first kappa shape index (κ1) is 16.2. The van der Waals surface area contributed by atoms with E-state index in [4.69, 9.17) is 9.72 Å². The van der Waals surface area contributed by atoms with Gasteiger partial charge in [0.05, 0.1) is 7.11 Å². The van der Waals surface area contributed by atoms with E-state index in [1.807, 2.05) is 18.2 Å². The average Bonchev–Trinajstić information content (AvgIpc) is 2.83. The van der Waals surface area contributed by atoms with Gasteiger partial charge in [0.25, 0.3) is 0 Å². The highest BCUT2D eigenvalue weighted by molar-refractivity contribution is 5.78. The van der Waals surface area contributed by atoms with E-state index in [9.17, 15) is 5.11 Å². The van der Waals surface area contributed by atoms with Crippen LogP contribution in [0.3, 0.4) is 0 Å². The van der Waals surface area contributed by atoms with Crippen molar-refractivity contribution in [1.82, 2.24) is 9.38 Å². The Morgan fingerprint density at radius 1 is 1.17 bits per heavy atom. The molecule has 0 spiro atoms. The zero-order valence-electron chi connectivity index (χ0n) is 14.7. The van der Waals surface area contributed by atoms with Gasteiger partial charge in [-0.25, -0.2) is 4.98 Å². The highest BCUT2D eigenvalue weighted by Gasteiger charge is 2.20. The van der Waals surface area contributed by atoms with Crippen LogP contribution in [0.15, 0.2) is 36.5 Å². The lowest BCUT2D eigenvalue weighted by Gasteiger charge is -2.22. The predicted octanol–water partition coefficient (Wildman–Crippen LogP) is 4.23. The summed E-state index contributed by atoms with van der Waals surface area (Å²) in [7, 11) is 1.54. The van der Waals surface area contributed by atoms with E-state index in [0.717, 1.165) is 28.3 Å². The number of pyridine rings is 1.